The number of hydrogen-bond acceptors (Lipinski definition) is 4. The Labute approximate surface area is 117 Å². The predicted molar refractivity (Wildman–Crippen MR) is 79.1 cm³/mol. The highest BCUT2D eigenvalue weighted by Crippen LogP contribution is 2.07. The highest BCUT2D eigenvalue weighted by Gasteiger charge is 2.21. The van der Waals surface area contributed by atoms with Crippen molar-refractivity contribution in [2.24, 2.45) is 5.73 Å². The number of carbonyl (C=O) groups excluding carboxylic acids is 1. The molecule has 2 N–H and O–H groups in total. The van der Waals surface area contributed by atoms with Crippen LogP contribution < -0.4 is 5.73 Å². The van der Waals surface area contributed by atoms with Crippen LogP contribution in [0.5, 0.6) is 0 Å². The smallest absolute Gasteiger partial charge is 0.224 e. The van der Waals surface area contributed by atoms with Crippen LogP contribution in [0.4, 0.5) is 0 Å². The Morgan fingerprint density at radius 1 is 1.26 bits per heavy atom. The quantitative estimate of drug-likeness (QED) is 0.718. The monoisotopic (exact) mass is 270 g/mol. The van der Waals surface area contributed by atoms with Crippen LogP contribution in [-0.2, 0) is 4.79 Å². The Morgan fingerprint density at radius 3 is 2.42 bits per heavy atom. The number of likely N-dealkylation sites (N-methyl/N-ethyl adjacent to an activating group) is 1. The molecule has 19 heavy (non-hydrogen) atoms. The molecule has 1 rings (SSSR count). The number of nitrogens with zero attached hydrogens (tertiary/aromatic N) is 3. The van der Waals surface area contributed by atoms with Crippen LogP contribution in [0.2, 0.25) is 0 Å². The number of piperazine rings is 1. The van der Waals surface area contributed by atoms with E-state index in [2.05, 4.69) is 30.8 Å². The zero-order chi connectivity index (χ0) is 14.3. The average molecular weight is 270 g/mol. The molecule has 1 fully saturated rings. The van der Waals surface area contributed by atoms with Crippen LogP contribution in [0.1, 0.15) is 26.2 Å². The van der Waals surface area contributed by atoms with E-state index in [1.54, 1.807) is 0 Å². The maximum atomic E-state index is 12.1. The van der Waals surface area contributed by atoms with E-state index < -0.39 is 0 Å². The van der Waals surface area contributed by atoms with Gasteiger partial charge in [0.05, 0.1) is 0 Å². The van der Waals surface area contributed by atoms with Gasteiger partial charge in [0.1, 0.15) is 0 Å². The molecule has 0 bridgehead atoms. The summed E-state index contributed by atoms with van der Waals surface area (Å²) in [6, 6.07) is 0.0317. The predicted octanol–water partition coefficient (Wildman–Crippen LogP) is 0.210. The van der Waals surface area contributed by atoms with Gasteiger partial charge in [-0.25, -0.2) is 0 Å². The number of rotatable bonds is 7. The normalized spacial score (nSPS) is 18.9. The lowest BCUT2D eigenvalue weighted by Crippen LogP contribution is -2.50. The molecule has 0 aliphatic carbocycles. The number of amides is 1. The summed E-state index contributed by atoms with van der Waals surface area (Å²) in [6.45, 7) is 7.95. The molecule has 112 valence electrons. The van der Waals surface area contributed by atoms with Gasteiger partial charge in [0.2, 0.25) is 5.91 Å². The van der Waals surface area contributed by atoms with Crippen molar-refractivity contribution in [2.45, 2.75) is 32.2 Å². The van der Waals surface area contributed by atoms with Crippen LogP contribution in [0, 0.1) is 0 Å². The van der Waals surface area contributed by atoms with Crippen molar-refractivity contribution in [1.82, 2.24) is 14.7 Å². The number of nitrogens with two attached hydrogens (primary N) is 1. The van der Waals surface area contributed by atoms with Crippen molar-refractivity contribution < 1.29 is 4.79 Å². The second-order valence-corrected chi connectivity index (χ2v) is 5.78. The van der Waals surface area contributed by atoms with E-state index in [0.29, 0.717) is 6.42 Å². The fourth-order valence-electron chi connectivity index (χ4n) is 2.39. The van der Waals surface area contributed by atoms with E-state index >= 15 is 0 Å². The van der Waals surface area contributed by atoms with E-state index in [1.807, 2.05) is 4.90 Å². The van der Waals surface area contributed by atoms with Gasteiger partial charge in [-0.2, -0.15) is 0 Å². The van der Waals surface area contributed by atoms with Crippen molar-refractivity contribution in [2.75, 3.05) is 53.4 Å². The summed E-state index contributed by atoms with van der Waals surface area (Å²) in [6.07, 6.45) is 2.49. The molecule has 0 aromatic heterocycles. The first-order valence-corrected chi connectivity index (χ1v) is 7.43. The summed E-state index contributed by atoms with van der Waals surface area (Å²) in [4.78, 5) is 18.7. The van der Waals surface area contributed by atoms with Gasteiger partial charge in [-0.3, -0.25) is 9.69 Å². The largest absolute Gasteiger partial charge is 0.340 e. The zero-order valence-electron chi connectivity index (χ0n) is 12.8. The van der Waals surface area contributed by atoms with Gasteiger partial charge in [0.25, 0.3) is 0 Å². The highest BCUT2D eigenvalue weighted by molar-refractivity contribution is 5.76. The molecule has 1 amide bonds. The standard InChI is InChI=1S/C14H30N4O/c1-4-5-13(15)12-14(19)18-10-8-17(9-11-18)7-6-16(2)3/h13H,4-12,15H2,1-3H3. The summed E-state index contributed by atoms with van der Waals surface area (Å²) in [5, 5.41) is 0. The first-order valence-electron chi connectivity index (χ1n) is 7.43. The van der Waals surface area contributed by atoms with Crippen molar-refractivity contribution in [1.29, 1.82) is 0 Å². The molecule has 0 radical (unpaired) electrons. The Bertz CT molecular complexity index is 262. The SMILES string of the molecule is CCCC(N)CC(=O)N1CCN(CCN(C)C)CC1. The molecule has 1 heterocycles. The van der Waals surface area contributed by atoms with Crippen LogP contribution in [0.25, 0.3) is 0 Å². The fourth-order valence-corrected chi connectivity index (χ4v) is 2.39. The van der Waals surface area contributed by atoms with Crippen molar-refractivity contribution in [3.05, 3.63) is 0 Å². The van der Waals surface area contributed by atoms with Crippen molar-refractivity contribution in [3.63, 3.8) is 0 Å². The summed E-state index contributed by atoms with van der Waals surface area (Å²) in [5.41, 5.74) is 5.94. The van der Waals surface area contributed by atoms with Gasteiger partial charge in [0, 0.05) is 51.7 Å². The molecule has 1 atom stereocenters. The third kappa shape index (κ3) is 6.36. The first-order chi connectivity index (χ1) is 9.02. The van der Waals surface area contributed by atoms with E-state index in [0.717, 1.165) is 52.1 Å². The second-order valence-electron chi connectivity index (χ2n) is 5.78. The Balaban J connectivity index is 2.23. The third-order valence-electron chi connectivity index (χ3n) is 3.68. The molecule has 5 nitrogen and oxygen atoms in total. The highest BCUT2D eigenvalue weighted by atomic mass is 16.2. The molecule has 0 aromatic rings. The molecule has 5 heteroatoms. The fraction of sp³-hybridized carbons (Fsp3) is 0.929. The van der Waals surface area contributed by atoms with Gasteiger partial charge in [-0.1, -0.05) is 13.3 Å². The van der Waals surface area contributed by atoms with Gasteiger partial charge in [0.15, 0.2) is 0 Å². The summed E-state index contributed by atoms with van der Waals surface area (Å²) < 4.78 is 0. The maximum Gasteiger partial charge on any atom is 0.224 e. The topological polar surface area (TPSA) is 52.8 Å². The lowest BCUT2D eigenvalue weighted by atomic mass is 10.1. The molecule has 0 spiro atoms. The van der Waals surface area contributed by atoms with Gasteiger partial charge < -0.3 is 15.5 Å². The zero-order valence-corrected chi connectivity index (χ0v) is 12.8. The number of hydrogen-bond donors (Lipinski definition) is 1. The molecular weight excluding hydrogens is 240 g/mol. The van der Waals surface area contributed by atoms with Crippen LogP contribution in [0.3, 0.4) is 0 Å². The molecular formula is C14H30N4O. The van der Waals surface area contributed by atoms with Gasteiger partial charge >= 0.3 is 0 Å². The lowest BCUT2D eigenvalue weighted by Gasteiger charge is -2.35. The van der Waals surface area contributed by atoms with E-state index in [-0.39, 0.29) is 11.9 Å². The third-order valence-corrected chi connectivity index (χ3v) is 3.68. The van der Waals surface area contributed by atoms with Crippen LogP contribution in [-0.4, -0.2) is 80.0 Å². The molecule has 1 aliphatic heterocycles. The summed E-state index contributed by atoms with van der Waals surface area (Å²) in [5.74, 6) is 0.230. The van der Waals surface area contributed by atoms with Gasteiger partial charge in [-0.05, 0) is 20.5 Å². The van der Waals surface area contributed by atoms with E-state index in [9.17, 15) is 4.79 Å². The minimum absolute atomic E-state index is 0.0317. The molecule has 1 unspecified atom stereocenters. The molecule has 1 aliphatic rings. The Kier molecular flexibility index (Phi) is 7.34. The number of carbonyl (C=O) groups is 1. The minimum atomic E-state index is 0.0317. The maximum absolute atomic E-state index is 12.1. The Hall–Kier alpha value is -0.650. The molecule has 0 aromatic carbocycles. The Morgan fingerprint density at radius 2 is 1.89 bits per heavy atom. The first kappa shape index (κ1) is 16.4. The molecule has 0 saturated carbocycles. The average Bonchev–Trinajstić information content (AvgIpc) is 2.37. The van der Waals surface area contributed by atoms with E-state index in [1.165, 1.54) is 0 Å². The van der Waals surface area contributed by atoms with Crippen molar-refractivity contribution >= 4 is 5.91 Å². The summed E-state index contributed by atoms with van der Waals surface area (Å²) in [7, 11) is 4.18. The second kappa shape index (κ2) is 8.51. The molecule has 1 saturated heterocycles. The minimum Gasteiger partial charge on any atom is -0.340 e. The lowest BCUT2D eigenvalue weighted by molar-refractivity contribution is -0.133. The van der Waals surface area contributed by atoms with Crippen LogP contribution in [0.15, 0.2) is 0 Å². The summed E-state index contributed by atoms with van der Waals surface area (Å²) >= 11 is 0. The van der Waals surface area contributed by atoms with E-state index in [4.69, 9.17) is 5.73 Å². The van der Waals surface area contributed by atoms with Gasteiger partial charge in [-0.15, -0.1) is 0 Å². The van der Waals surface area contributed by atoms with Crippen LogP contribution >= 0.6 is 0 Å². The van der Waals surface area contributed by atoms with Crippen molar-refractivity contribution in [3.8, 4) is 0 Å².